The standard InChI is InChI=1S/C16H21BrN2O4/c1-22-14-8-15(23-2)12(17)7-11(14)16(20)19(21)13-9-18-5-3-10(13)4-6-18/h7-8,10,13,19H,3-6,9H2,1-2H3. The number of ether oxygens (including phenoxy) is 2. The summed E-state index contributed by atoms with van der Waals surface area (Å²) in [5, 5.41) is 12.4. The number of benzene rings is 1. The zero-order valence-corrected chi connectivity index (χ0v) is 14.9. The molecule has 0 aromatic heterocycles. The summed E-state index contributed by atoms with van der Waals surface area (Å²) in [7, 11) is 3.03. The monoisotopic (exact) mass is 384 g/mol. The molecule has 3 saturated heterocycles. The molecule has 2 atom stereocenters. The van der Waals surface area contributed by atoms with Crippen LogP contribution in [0.4, 0.5) is 0 Å². The first-order valence-corrected chi connectivity index (χ1v) is 8.57. The lowest BCUT2D eigenvalue weighted by molar-refractivity contribution is -0.796. The molecule has 6 nitrogen and oxygen atoms in total. The van der Waals surface area contributed by atoms with Crippen LogP contribution in [0.2, 0.25) is 0 Å². The third kappa shape index (κ3) is 3.10. The van der Waals surface area contributed by atoms with E-state index >= 15 is 0 Å². The third-order valence-electron chi connectivity index (χ3n) is 4.94. The topological polar surface area (TPSA) is 66.3 Å². The molecule has 3 heterocycles. The summed E-state index contributed by atoms with van der Waals surface area (Å²) in [6.07, 6.45) is 2.01. The molecule has 2 bridgehead atoms. The van der Waals surface area contributed by atoms with Crippen LogP contribution in [-0.4, -0.2) is 50.7 Å². The van der Waals surface area contributed by atoms with Crippen LogP contribution in [-0.2, 0) is 0 Å². The summed E-state index contributed by atoms with van der Waals surface area (Å²) in [4.78, 5) is 15.0. The molecule has 0 saturated carbocycles. The van der Waals surface area contributed by atoms with Crippen LogP contribution >= 0.6 is 15.9 Å². The van der Waals surface area contributed by atoms with Crippen LogP contribution in [0.1, 0.15) is 23.2 Å². The van der Waals surface area contributed by atoms with Crippen LogP contribution in [0.25, 0.3) is 0 Å². The summed E-state index contributed by atoms with van der Waals surface area (Å²) in [6.45, 7) is 2.79. The molecule has 1 aromatic carbocycles. The smallest absolute Gasteiger partial charge is 0.348 e. The number of halogens is 1. The van der Waals surface area contributed by atoms with E-state index in [1.165, 1.54) is 7.11 Å². The lowest BCUT2D eigenvalue weighted by Crippen LogP contribution is -3.16. The first kappa shape index (κ1) is 16.7. The fraction of sp³-hybridized carbons (Fsp3) is 0.562. The maximum Gasteiger partial charge on any atom is 0.348 e. The van der Waals surface area contributed by atoms with Gasteiger partial charge in [0.25, 0.3) is 0 Å². The van der Waals surface area contributed by atoms with E-state index in [9.17, 15) is 10.0 Å². The fourth-order valence-electron chi connectivity index (χ4n) is 3.60. The molecular formula is C16H21BrN2O4. The van der Waals surface area contributed by atoms with E-state index in [-0.39, 0.29) is 11.1 Å². The summed E-state index contributed by atoms with van der Waals surface area (Å²) < 4.78 is 11.1. The minimum absolute atomic E-state index is 0.185. The van der Waals surface area contributed by atoms with Crippen LogP contribution in [0.15, 0.2) is 16.6 Å². The number of nitrogens with zero attached hydrogens (tertiary/aromatic N) is 1. The molecule has 0 spiro atoms. The number of rotatable bonds is 4. The first-order valence-electron chi connectivity index (χ1n) is 7.77. The second-order valence-electron chi connectivity index (χ2n) is 6.12. The van der Waals surface area contributed by atoms with Gasteiger partial charge in [-0.15, -0.1) is 0 Å². The predicted octanol–water partition coefficient (Wildman–Crippen LogP) is 1.08. The van der Waals surface area contributed by atoms with E-state index in [4.69, 9.17) is 9.47 Å². The minimum Gasteiger partial charge on any atom is -0.626 e. The lowest BCUT2D eigenvalue weighted by atomic mass is 9.83. The lowest BCUT2D eigenvalue weighted by Gasteiger charge is -2.47. The molecule has 3 fully saturated rings. The van der Waals surface area contributed by atoms with Crippen molar-refractivity contribution in [2.24, 2.45) is 5.92 Å². The van der Waals surface area contributed by atoms with E-state index in [1.807, 2.05) is 0 Å². The number of methoxy groups -OCH3 is 2. The van der Waals surface area contributed by atoms with Gasteiger partial charge in [-0.05, 0) is 47.9 Å². The van der Waals surface area contributed by atoms with Gasteiger partial charge < -0.3 is 19.7 Å². The average Bonchev–Trinajstić information content (AvgIpc) is 2.61. The molecule has 1 aromatic rings. The van der Waals surface area contributed by atoms with Crippen molar-refractivity contribution in [3.05, 3.63) is 27.4 Å². The Kier molecular flexibility index (Phi) is 4.91. The van der Waals surface area contributed by atoms with Crippen molar-refractivity contribution in [2.45, 2.75) is 18.9 Å². The van der Waals surface area contributed by atoms with Gasteiger partial charge in [0.05, 0.1) is 25.2 Å². The summed E-state index contributed by atoms with van der Waals surface area (Å²) in [5.74, 6) is 0.798. The van der Waals surface area contributed by atoms with E-state index in [2.05, 4.69) is 20.8 Å². The van der Waals surface area contributed by atoms with E-state index in [0.717, 1.165) is 25.9 Å². The van der Waals surface area contributed by atoms with Crippen LogP contribution in [0.5, 0.6) is 11.5 Å². The Morgan fingerprint density at radius 2 is 1.91 bits per heavy atom. The Labute approximate surface area is 144 Å². The maximum atomic E-state index is 12.7. The highest BCUT2D eigenvalue weighted by Gasteiger charge is 2.40. The van der Waals surface area contributed by atoms with Crippen LogP contribution < -0.4 is 14.5 Å². The highest BCUT2D eigenvalue weighted by Crippen LogP contribution is 2.33. The number of quaternary nitrogens is 1. The highest BCUT2D eigenvalue weighted by atomic mass is 79.9. The van der Waals surface area contributed by atoms with Crippen molar-refractivity contribution >= 4 is 21.8 Å². The van der Waals surface area contributed by atoms with E-state index in [1.54, 1.807) is 19.2 Å². The first-order chi connectivity index (χ1) is 11.0. The zero-order valence-electron chi connectivity index (χ0n) is 13.3. The summed E-state index contributed by atoms with van der Waals surface area (Å²) >= 11 is 3.36. The number of hydrogen-bond acceptors (Lipinski definition) is 5. The molecule has 2 unspecified atom stereocenters. The fourth-order valence-corrected chi connectivity index (χ4v) is 4.11. The Balaban J connectivity index is 1.86. The molecule has 0 radical (unpaired) electrons. The van der Waals surface area contributed by atoms with E-state index in [0.29, 0.717) is 34.0 Å². The van der Waals surface area contributed by atoms with Crippen molar-refractivity contribution in [2.75, 3.05) is 33.9 Å². The van der Waals surface area contributed by atoms with Gasteiger partial charge in [0, 0.05) is 12.0 Å². The number of hydroxylamine groups is 2. The van der Waals surface area contributed by atoms with Crippen molar-refractivity contribution in [3.8, 4) is 11.5 Å². The minimum atomic E-state index is -0.469. The predicted molar refractivity (Wildman–Crippen MR) is 88.9 cm³/mol. The molecule has 1 amide bonds. The van der Waals surface area contributed by atoms with Gasteiger partial charge in [0.1, 0.15) is 23.1 Å². The second-order valence-corrected chi connectivity index (χ2v) is 6.98. The average molecular weight is 385 g/mol. The number of fused-ring (bicyclic) bond motifs is 3. The van der Waals surface area contributed by atoms with Gasteiger partial charge in [-0.3, -0.25) is 4.90 Å². The quantitative estimate of drug-likeness (QED) is 0.786. The number of amides is 1. The normalized spacial score (nSPS) is 27.6. The zero-order chi connectivity index (χ0) is 16.6. The molecule has 126 valence electrons. The van der Waals surface area contributed by atoms with E-state index < -0.39 is 5.91 Å². The molecule has 1 N–H and O–H groups in total. The van der Waals surface area contributed by atoms with Crippen molar-refractivity contribution in [3.63, 3.8) is 0 Å². The van der Waals surface area contributed by atoms with Gasteiger partial charge in [-0.2, -0.15) is 0 Å². The number of nitrogens with one attached hydrogen (secondary N) is 1. The number of piperidine rings is 3. The molecular weight excluding hydrogens is 364 g/mol. The van der Waals surface area contributed by atoms with Crippen LogP contribution in [0, 0.1) is 11.1 Å². The largest absolute Gasteiger partial charge is 0.626 e. The Hall–Kier alpha value is -1.15. The number of hydrogen-bond donors (Lipinski definition) is 1. The molecule has 3 aliphatic heterocycles. The molecule has 23 heavy (non-hydrogen) atoms. The summed E-state index contributed by atoms with van der Waals surface area (Å²) in [6, 6.07) is 3.05. The maximum absolute atomic E-state index is 12.7. The molecule has 4 rings (SSSR count). The highest BCUT2D eigenvalue weighted by molar-refractivity contribution is 9.10. The second kappa shape index (κ2) is 6.76. The van der Waals surface area contributed by atoms with Crippen molar-refractivity contribution in [1.29, 1.82) is 0 Å². The van der Waals surface area contributed by atoms with Crippen molar-refractivity contribution in [1.82, 2.24) is 4.90 Å². The van der Waals surface area contributed by atoms with Crippen LogP contribution in [0.3, 0.4) is 0 Å². The van der Waals surface area contributed by atoms with Gasteiger partial charge >= 0.3 is 5.91 Å². The summed E-state index contributed by atoms with van der Waals surface area (Å²) in [5.41, 5.74) is 0.293. The molecule has 3 aliphatic rings. The Bertz CT molecular complexity index is 602. The van der Waals surface area contributed by atoms with Crippen molar-refractivity contribution < 1.29 is 19.3 Å². The molecule has 7 heteroatoms. The third-order valence-corrected chi connectivity index (χ3v) is 5.55. The van der Waals surface area contributed by atoms with Gasteiger partial charge in [-0.1, -0.05) is 0 Å². The Morgan fingerprint density at radius 3 is 2.43 bits per heavy atom. The van der Waals surface area contributed by atoms with Gasteiger partial charge in [0.15, 0.2) is 0 Å². The number of carbonyl (C=O) groups excluding carboxylic acids is 1. The molecule has 0 aliphatic carbocycles. The Morgan fingerprint density at radius 1 is 1.26 bits per heavy atom. The number of carbonyl (C=O) groups is 1. The SMILES string of the molecule is COc1cc(OC)c(C(=O)[NH+]([O-])C2CN3CCC2CC3)cc1Br. The van der Waals surface area contributed by atoms with Gasteiger partial charge in [-0.25, -0.2) is 4.79 Å². The van der Waals surface area contributed by atoms with Gasteiger partial charge in [0.2, 0.25) is 0 Å².